The number of ether oxygens (including phenoxy) is 2. The Balaban J connectivity index is 1.85. The van der Waals surface area contributed by atoms with Gasteiger partial charge in [-0.1, -0.05) is 25.4 Å². The molecule has 118 valence electrons. The molecule has 1 heterocycles. The van der Waals surface area contributed by atoms with Gasteiger partial charge >= 0.3 is 0 Å². The van der Waals surface area contributed by atoms with Crippen LogP contribution in [0.25, 0.3) is 0 Å². The van der Waals surface area contributed by atoms with E-state index in [1.54, 1.807) is 0 Å². The van der Waals surface area contributed by atoms with Gasteiger partial charge < -0.3 is 14.8 Å². The number of rotatable bonds is 6. The van der Waals surface area contributed by atoms with Crippen LogP contribution in [0.1, 0.15) is 43.7 Å². The molecule has 1 aliphatic rings. The van der Waals surface area contributed by atoms with Crippen molar-refractivity contribution in [2.24, 2.45) is 0 Å². The first-order valence-electron chi connectivity index (χ1n) is 7.82. The molecule has 0 unspecified atom stereocenters. The summed E-state index contributed by atoms with van der Waals surface area (Å²) in [6, 6.07) is 4.65. The van der Waals surface area contributed by atoms with Crippen molar-refractivity contribution in [1.82, 2.24) is 5.32 Å². The third-order valence-corrected chi connectivity index (χ3v) is 4.33. The quantitative estimate of drug-likeness (QED) is 0.808. The van der Waals surface area contributed by atoms with Crippen molar-refractivity contribution < 1.29 is 9.47 Å². The van der Waals surface area contributed by atoms with Gasteiger partial charge in [0, 0.05) is 30.8 Å². The number of halogens is 1. The van der Waals surface area contributed by atoms with E-state index in [9.17, 15) is 0 Å². The lowest BCUT2D eigenvalue weighted by Crippen LogP contribution is -2.37. The van der Waals surface area contributed by atoms with E-state index in [4.69, 9.17) is 21.1 Å². The molecule has 0 radical (unpaired) electrons. The highest BCUT2D eigenvalue weighted by Gasteiger charge is 2.13. The zero-order valence-electron chi connectivity index (χ0n) is 13.2. The molecule has 1 fully saturated rings. The molecule has 1 aromatic rings. The second kappa shape index (κ2) is 8.02. The van der Waals surface area contributed by atoms with Gasteiger partial charge in [-0.2, -0.15) is 0 Å². The summed E-state index contributed by atoms with van der Waals surface area (Å²) in [6.07, 6.45) is 2.19. The molecule has 0 spiro atoms. The fourth-order valence-corrected chi connectivity index (χ4v) is 2.74. The Morgan fingerprint density at radius 2 is 2.05 bits per heavy atom. The minimum atomic E-state index is 0.404. The van der Waals surface area contributed by atoms with Crippen molar-refractivity contribution in [3.05, 3.63) is 28.3 Å². The molecular weight excluding hydrogens is 286 g/mol. The van der Waals surface area contributed by atoms with Crippen molar-refractivity contribution in [2.45, 2.75) is 45.6 Å². The van der Waals surface area contributed by atoms with Gasteiger partial charge in [-0.05, 0) is 48.9 Å². The molecule has 3 nitrogen and oxygen atoms in total. The predicted octanol–water partition coefficient (Wildman–Crippen LogP) is 3.92. The van der Waals surface area contributed by atoms with Crippen molar-refractivity contribution in [1.29, 1.82) is 0 Å². The van der Waals surface area contributed by atoms with Crippen LogP contribution >= 0.6 is 11.6 Å². The molecule has 0 bridgehead atoms. The van der Waals surface area contributed by atoms with Gasteiger partial charge in [0.2, 0.25) is 0 Å². The van der Waals surface area contributed by atoms with Gasteiger partial charge in [-0.15, -0.1) is 0 Å². The van der Waals surface area contributed by atoms with Crippen LogP contribution in [0, 0.1) is 6.92 Å². The van der Waals surface area contributed by atoms with Gasteiger partial charge in [-0.3, -0.25) is 0 Å². The van der Waals surface area contributed by atoms with Gasteiger partial charge in [0.15, 0.2) is 0 Å². The molecular formula is C17H26ClNO2. The summed E-state index contributed by atoms with van der Waals surface area (Å²) in [4.78, 5) is 0. The van der Waals surface area contributed by atoms with Crippen LogP contribution in [-0.4, -0.2) is 32.4 Å². The summed E-state index contributed by atoms with van der Waals surface area (Å²) in [6.45, 7) is 9.61. The number of benzene rings is 1. The Kier molecular flexibility index (Phi) is 6.34. The zero-order chi connectivity index (χ0) is 15.2. The van der Waals surface area contributed by atoms with E-state index in [0.717, 1.165) is 48.9 Å². The Morgan fingerprint density at radius 1 is 1.33 bits per heavy atom. The molecule has 1 aromatic carbocycles. The van der Waals surface area contributed by atoms with Crippen LogP contribution in [0.3, 0.4) is 0 Å². The fourth-order valence-electron chi connectivity index (χ4n) is 2.57. The molecule has 0 amide bonds. The van der Waals surface area contributed by atoms with Crippen LogP contribution in [0.5, 0.6) is 5.75 Å². The van der Waals surface area contributed by atoms with Gasteiger partial charge in [0.05, 0.1) is 0 Å². The van der Waals surface area contributed by atoms with Gasteiger partial charge in [0.25, 0.3) is 0 Å². The number of hydrogen-bond donors (Lipinski definition) is 1. The van der Waals surface area contributed by atoms with E-state index < -0.39 is 0 Å². The van der Waals surface area contributed by atoms with E-state index in [2.05, 4.69) is 19.2 Å². The van der Waals surface area contributed by atoms with Gasteiger partial charge in [-0.25, -0.2) is 0 Å². The Bertz CT molecular complexity index is 456. The largest absolute Gasteiger partial charge is 0.492 e. The smallest absolute Gasteiger partial charge is 0.123 e. The molecule has 1 saturated heterocycles. The van der Waals surface area contributed by atoms with Crippen LogP contribution in [0.15, 0.2) is 12.1 Å². The standard InChI is InChI=1S/C17H26ClNO2/c1-12(2)15-11-16(18)13(3)10-17(15)21-9-6-19-14-4-7-20-8-5-14/h10-12,14,19H,4-9H2,1-3H3. The van der Waals surface area contributed by atoms with E-state index >= 15 is 0 Å². The average molecular weight is 312 g/mol. The second-order valence-electron chi connectivity index (χ2n) is 5.98. The highest BCUT2D eigenvalue weighted by atomic mass is 35.5. The lowest BCUT2D eigenvalue weighted by atomic mass is 10.0. The summed E-state index contributed by atoms with van der Waals surface area (Å²) in [5, 5.41) is 4.35. The lowest BCUT2D eigenvalue weighted by Gasteiger charge is -2.23. The summed E-state index contributed by atoms with van der Waals surface area (Å²) in [7, 11) is 0. The van der Waals surface area contributed by atoms with Crippen molar-refractivity contribution in [3.8, 4) is 5.75 Å². The van der Waals surface area contributed by atoms with Crippen LogP contribution in [-0.2, 0) is 4.74 Å². The summed E-state index contributed by atoms with van der Waals surface area (Å²) in [5.74, 6) is 1.36. The van der Waals surface area contributed by atoms with E-state index in [0.29, 0.717) is 18.6 Å². The average Bonchev–Trinajstić information content (AvgIpc) is 2.47. The molecule has 1 aliphatic heterocycles. The van der Waals surface area contributed by atoms with Crippen LogP contribution in [0.2, 0.25) is 5.02 Å². The first kappa shape index (κ1) is 16.6. The second-order valence-corrected chi connectivity index (χ2v) is 6.39. The monoisotopic (exact) mass is 311 g/mol. The first-order valence-corrected chi connectivity index (χ1v) is 8.19. The summed E-state index contributed by atoms with van der Waals surface area (Å²) < 4.78 is 11.3. The van der Waals surface area contributed by atoms with Crippen molar-refractivity contribution in [2.75, 3.05) is 26.4 Å². The Hall–Kier alpha value is -0.770. The van der Waals surface area contributed by atoms with Gasteiger partial charge in [0.1, 0.15) is 12.4 Å². The maximum absolute atomic E-state index is 6.21. The lowest BCUT2D eigenvalue weighted by molar-refractivity contribution is 0.0770. The van der Waals surface area contributed by atoms with E-state index in [1.165, 1.54) is 5.56 Å². The molecule has 0 saturated carbocycles. The number of hydrogen-bond acceptors (Lipinski definition) is 3. The third-order valence-electron chi connectivity index (χ3n) is 3.93. The third kappa shape index (κ3) is 4.87. The topological polar surface area (TPSA) is 30.5 Å². The van der Waals surface area contributed by atoms with Crippen molar-refractivity contribution in [3.63, 3.8) is 0 Å². The number of aryl methyl sites for hydroxylation is 1. The Morgan fingerprint density at radius 3 is 2.71 bits per heavy atom. The molecule has 0 atom stereocenters. The fraction of sp³-hybridized carbons (Fsp3) is 0.647. The molecule has 21 heavy (non-hydrogen) atoms. The predicted molar refractivity (Wildman–Crippen MR) is 87.6 cm³/mol. The summed E-state index contributed by atoms with van der Waals surface area (Å²) >= 11 is 6.21. The molecule has 1 N–H and O–H groups in total. The SMILES string of the molecule is Cc1cc(OCCNC2CCOCC2)c(C(C)C)cc1Cl. The highest BCUT2D eigenvalue weighted by molar-refractivity contribution is 6.31. The minimum Gasteiger partial charge on any atom is -0.492 e. The maximum atomic E-state index is 6.21. The Labute approximate surface area is 133 Å². The van der Waals surface area contributed by atoms with E-state index in [1.807, 2.05) is 19.1 Å². The zero-order valence-corrected chi connectivity index (χ0v) is 14.0. The normalized spacial score (nSPS) is 16.4. The molecule has 2 rings (SSSR count). The van der Waals surface area contributed by atoms with Crippen molar-refractivity contribution >= 4 is 11.6 Å². The minimum absolute atomic E-state index is 0.404. The van der Waals surface area contributed by atoms with Crippen LogP contribution in [0.4, 0.5) is 0 Å². The van der Waals surface area contributed by atoms with Crippen LogP contribution < -0.4 is 10.1 Å². The summed E-state index contributed by atoms with van der Waals surface area (Å²) in [5.41, 5.74) is 2.24. The first-order chi connectivity index (χ1) is 10.1. The molecule has 0 aliphatic carbocycles. The highest BCUT2D eigenvalue weighted by Crippen LogP contribution is 2.31. The maximum Gasteiger partial charge on any atom is 0.123 e. The van der Waals surface area contributed by atoms with E-state index in [-0.39, 0.29) is 0 Å². The number of nitrogens with one attached hydrogen (secondary N) is 1. The molecule has 0 aromatic heterocycles. The molecule has 4 heteroatoms.